The lowest BCUT2D eigenvalue weighted by Gasteiger charge is -2.25. The Hall–Kier alpha value is -3.89. The molecule has 37 heavy (non-hydrogen) atoms. The van der Waals surface area contributed by atoms with E-state index < -0.39 is 6.10 Å². The maximum absolute atomic E-state index is 10.7. The van der Waals surface area contributed by atoms with Crippen LogP contribution < -0.4 is 4.74 Å². The number of benzene rings is 3. The van der Waals surface area contributed by atoms with Crippen LogP contribution in [0.5, 0.6) is 11.6 Å². The van der Waals surface area contributed by atoms with E-state index in [1.807, 2.05) is 83.5 Å². The van der Waals surface area contributed by atoms with Gasteiger partial charge in [0.05, 0.1) is 29.7 Å². The van der Waals surface area contributed by atoms with Crippen LogP contribution in [0.3, 0.4) is 0 Å². The van der Waals surface area contributed by atoms with Gasteiger partial charge in [-0.05, 0) is 36.2 Å². The molecule has 0 saturated heterocycles. The first-order chi connectivity index (χ1) is 18.2. The highest BCUT2D eigenvalue weighted by Gasteiger charge is 2.24. The van der Waals surface area contributed by atoms with Gasteiger partial charge in [-0.25, -0.2) is 4.68 Å². The molecule has 1 heterocycles. The molecule has 0 amide bonds. The number of aliphatic hydroxyl groups excluding tert-OH is 1. The van der Waals surface area contributed by atoms with Crippen LogP contribution >= 0.6 is 0 Å². The third kappa shape index (κ3) is 7.31. The fourth-order valence-electron chi connectivity index (χ4n) is 4.22. The third-order valence-electron chi connectivity index (χ3n) is 5.91. The molecule has 0 unspecified atom stereocenters. The van der Waals surface area contributed by atoms with Gasteiger partial charge in [-0.2, -0.15) is 5.10 Å². The molecule has 0 bridgehead atoms. The van der Waals surface area contributed by atoms with E-state index in [0.717, 1.165) is 34.7 Å². The van der Waals surface area contributed by atoms with Crippen LogP contribution in [0.4, 0.5) is 0 Å². The molecule has 4 aromatic rings. The summed E-state index contributed by atoms with van der Waals surface area (Å²) < 4.78 is 13.7. The van der Waals surface area contributed by atoms with E-state index in [4.69, 9.17) is 21.0 Å². The van der Waals surface area contributed by atoms with Crippen molar-refractivity contribution in [2.24, 2.45) is 0 Å². The Morgan fingerprint density at radius 1 is 0.946 bits per heavy atom. The molecule has 6 nitrogen and oxygen atoms in total. The minimum Gasteiger partial charge on any atom is -0.439 e. The minimum absolute atomic E-state index is 0.173. The van der Waals surface area contributed by atoms with E-state index in [0.29, 0.717) is 25.5 Å². The zero-order valence-corrected chi connectivity index (χ0v) is 21.2. The highest BCUT2D eigenvalue weighted by Crippen LogP contribution is 2.32. The molecule has 190 valence electrons. The highest BCUT2D eigenvalue weighted by atomic mass is 16.5. The van der Waals surface area contributed by atoms with Crippen molar-refractivity contribution >= 4 is 0 Å². The Kier molecular flexibility index (Phi) is 9.50. The molecule has 4 rings (SSSR count). The summed E-state index contributed by atoms with van der Waals surface area (Å²) in [6.07, 6.45) is 5.35. The number of hydrogen-bond acceptors (Lipinski definition) is 5. The van der Waals surface area contributed by atoms with Crippen LogP contribution in [-0.2, 0) is 24.2 Å². The molecule has 6 heteroatoms. The zero-order chi connectivity index (χ0) is 25.9. The van der Waals surface area contributed by atoms with Crippen LogP contribution in [-0.4, -0.2) is 45.6 Å². The predicted molar refractivity (Wildman–Crippen MR) is 146 cm³/mol. The van der Waals surface area contributed by atoms with Crippen LogP contribution in [0.25, 0.3) is 5.69 Å². The molecule has 0 radical (unpaired) electrons. The number of rotatable bonds is 13. The molecular formula is C31H33N3O3. The number of hydrogen-bond donors (Lipinski definition) is 1. The largest absolute Gasteiger partial charge is 0.439 e. The van der Waals surface area contributed by atoms with Crippen molar-refractivity contribution in [2.45, 2.75) is 32.5 Å². The van der Waals surface area contributed by atoms with E-state index in [1.165, 1.54) is 0 Å². The van der Waals surface area contributed by atoms with Crippen LogP contribution in [0.2, 0.25) is 0 Å². The van der Waals surface area contributed by atoms with Crippen molar-refractivity contribution in [1.29, 1.82) is 0 Å². The minimum atomic E-state index is -0.690. The molecule has 1 N–H and O–H groups in total. The second-order valence-electron chi connectivity index (χ2n) is 8.77. The molecule has 0 aliphatic carbocycles. The summed E-state index contributed by atoms with van der Waals surface area (Å²) >= 11 is 0. The molecule has 1 aromatic heterocycles. The van der Waals surface area contributed by atoms with Crippen molar-refractivity contribution in [3.05, 3.63) is 108 Å². The summed E-state index contributed by atoms with van der Waals surface area (Å²) in [5.74, 6) is 3.85. The standard InChI is InChI=1S/C31H33N3O3/c1-3-20-36-24-27(35)22-33(21-25-14-8-5-9-15-25)23-29-30(4-2)32-34(26-16-10-6-11-17-26)31(29)37-28-18-12-7-13-19-28/h1,5-19,27,35H,4,20-24H2,2H3/t27-/m0/s1. The van der Waals surface area contributed by atoms with E-state index >= 15 is 0 Å². The Balaban J connectivity index is 1.70. The highest BCUT2D eigenvalue weighted by molar-refractivity contribution is 5.43. The second kappa shape index (κ2) is 13.4. The number of terminal acetylenes is 1. The molecule has 0 aliphatic heterocycles. The lowest BCUT2D eigenvalue weighted by atomic mass is 10.1. The molecule has 0 saturated carbocycles. The number of ether oxygens (including phenoxy) is 2. The summed E-state index contributed by atoms with van der Waals surface area (Å²) in [5, 5.41) is 15.7. The van der Waals surface area contributed by atoms with Gasteiger partial charge in [0.25, 0.3) is 0 Å². The fourth-order valence-corrected chi connectivity index (χ4v) is 4.22. The molecule has 0 aliphatic rings. The van der Waals surface area contributed by atoms with Gasteiger partial charge in [0.15, 0.2) is 0 Å². The summed E-state index contributed by atoms with van der Waals surface area (Å²) in [6.45, 7) is 4.04. The van der Waals surface area contributed by atoms with Gasteiger partial charge in [0.1, 0.15) is 12.4 Å². The average molecular weight is 496 g/mol. The van der Waals surface area contributed by atoms with Gasteiger partial charge < -0.3 is 14.6 Å². The van der Waals surface area contributed by atoms with Crippen molar-refractivity contribution in [1.82, 2.24) is 14.7 Å². The van der Waals surface area contributed by atoms with E-state index in [-0.39, 0.29) is 13.2 Å². The molecule has 3 aromatic carbocycles. The van der Waals surface area contributed by atoms with E-state index in [2.05, 4.69) is 29.9 Å². The first-order valence-corrected chi connectivity index (χ1v) is 12.5. The first-order valence-electron chi connectivity index (χ1n) is 12.5. The van der Waals surface area contributed by atoms with Crippen molar-refractivity contribution in [2.75, 3.05) is 19.8 Å². The van der Waals surface area contributed by atoms with Crippen molar-refractivity contribution in [3.8, 4) is 29.7 Å². The van der Waals surface area contributed by atoms with Gasteiger partial charge in [0.2, 0.25) is 5.88 Å². The molecular weight excluding hydrogens is 462 g/mol. The summed E-state index contributed by atoms with van der Waals surface area (Å²) in [7, 11) is 0. The van der Waals surface area contributed by atoms with Gasteiger partial charge >= 0.3 is 0 Å². The van der Waals surface area contributed by atoms with Gasteiger partial charge in [-0.3, -0.25) is 4.90 Å². The molecule has 1 atom stereocenters. The van der Waals surface area contributed by atoms with Crippen LogP contribution in [0.1, 0.15) is 23.7 Å². The summed E-state index contributed by atoms with van der Waals surface area (Å²) in [5.41, 5.74) is 4.01. The van der Waals surface area contributed by atoms with E-state index in [9.17, 15) is 5.11 Å². The van der Waals surface area contributed by atoms with Crippen molar-refractivity contribution in [3.63, 3.8) is 0 Å². The number of para-hydroxylation sites is 2. The number of nitrogens with zero attached hydrogens (tertiary/aromatic N) is 3. The Morgan fingerprint density at radius 3 is 2.24 bits per heavy atom. The normalized spacial score (nSPS) is 11.8. The van der Waals surface area contributed by atoms with Gasteiger partial charge in [-0.15, -0.1) is 6.42 Å². The molecule has 0 spiro atoms. The van der Waals surface area contributed by atoms with E-state index in [1.54, 1.807) is 0 Å². The SMILES string of the molecule is C#CCOC[C@@H](O)CN(Cc1ccccc1)Cc1c(CC)nn(-c2ccccc2)c1Oc1ccccc1. The first kappa shape index (κ1) is 26.2. The van der Waals surface area contributed by atoms with Gasteiger partial charge in [-0.1, -0.05) is 79.6 Å². The predicted octanol–water partition coefficient (Wildman–Crippen LogP) is 5.24. The maximum Gasteiger partial charge on any atom is 0.227 e. The zero-order valence-electron chi connectivity index (χ0n) is 21.2. The Morgan fingerprint density at radius 2 is 1.59 bits per heavy atom. The fraction of sp³-hybridized carbons (Fsp3) is 0.258. The number of aromatic nitrogens is 2. The second-order valence-corrected chi connectivity index (χ2v) is 8.77. The Bertz CT molecular complexity index is 1270. The third-order valence-corrected chi connectivity index (χ3v) is 5.91. The Labute approximate surface area is 219 Å². The van der Waals surface area contributed by atoms with Crippen LogP contribution in [0.15, 0.2) is 91.0 Å². The quantitative estimate of drug-likeness (QED) is 0.203. The molecule has 0 fully saturated rings. The smallest absolute Gasteiger partial charge is 0.227 e. The lowest BCUT2D eigenvalue weighted by Crippen LogP contribution is -2.34. The average Bonchev–Trinajstić information content (AvgIpc) is 3.27. The van der Waals surface area contributed by atoms with Gasteiger partial charge in [0, 0.05) is 19.6 Å². The topological polar surface area (TPSA) is 59.8 Å². The number of aliphatic hydroxyl groups is 1. The van der Waals surface area contributed by atoms with Crippen LogP contribution in [0, 0.1) is 12.3 Å². The number of aryl methyl sites for hydroxylation is 1. The monoisotopic (exact) mass is 495 g/mol. The summed E-state index contributed by atoms with van der Waals surface area (Å²) in [6, 6.07) is 30.0. The lowest BCUT2D eigenvalue weighted by molar-refractivity contribution is 0.0241. The summed E-state index contributed by atoms with van der Waals surface area (Å²) in [4.78, 5) is 2.20. The van der Waals surface area contributed by atoms with Crippen molar-refractivity contribution < 1.29 is 14.6 Å². The maximum atomic E-state index is 10.7.